The Morgan fingerprint density at radius 1 is 1.21 bits per heavy atom. The van der Waals surface area contributed by atoms with Crippen molar-refractivity contribution < 1.29 is 0 Å². The van der Waals surface area contributed by atoms with Crippen LogP contribution < -0.4 is 10.6 Å². The topological polar surface area (TPSA) is 42.9 Å². The zero-order valence-corrected chi connectivity index (χ0v) is 21.2. The van der Waals surface area contributed by atoms with E-state index in [1.54, 1.807) is 0 Å². The number of hydrogen-bond acceptors (Lipinski definition) is 3. The van der Waals surface area contributed by atoms with E-state index in [-0.39, 0.29) is 29.4 Å². The van der Waals surface area contributed by atoms with Crippen LogP contribution in [0.15, 0.2) is 29.3 Å². The van der Waals surface area contributed by atoms with Crippen LogP contribution in [0, 0.1) is 5.92 Å². The third kappa shape index (κ3) is 7.56. The van der Waals surface area contributed by atoms with Crippen molar-refractivity contribution in [2.75, 3.05) is 59.4 Å². The van der Waals surface area contributed by atoms with Gasteiger partial charge in [0, 0.05) is 56.3 Å². The Morgan fingerprint density at radius 3 is 2.55 bits per heavy atom. The predicted octanol–water partition coefficient (Wildman–Crippen LogP) is 3.43. The minimum Gasteiger partial charge on any atom is -0.357 e. The summed E-state index contributed by atoms with van der Waals surface area (Å²) in [6.45, 7) is 12.9. The fraction of sp³-hybridized carbons (Fsp3) is 0.682. The molecule has 2 N–H and O–H groups in total. The van der Waals surface area contributed by atoms with E-state index in [4.69, 9.17) is 16.6 Å². The Morgan fingerprint density at radius 2 is 1.93 bits per heavy atom. The predicted molar refractivity (Wildman–Crippen MR) is 135 cm³/mol. The fourth-order valence-electron chi connectivity index (χ4n) is 3.89. The van der Waals surface area contributed by atoms with E-state index >= 15 is 0 Å². The molecule has 0 radical (unpaired) electrons. The molecule has 7 heteroatoms. The average Bonchev–Trinajstić information content (AvgIpc) is 3.47. The van der Waals surface area contributed by atoms with Gasteiger partial charge in [0.25, 0.3) is 0 Å². The number of guanidine groups is 1. The highest BCUT2D eigenvalue weighted by Gasteiger charge is 2.44. The number of likely N-dealkylation sites (N-methyl/N-ethyl adjacent to an activating group) is 1. The van der Waals surface area contributed by atoms with Crippen molar-refractivity contribution in [1.29, 1.82) is 0 Å². The molecule has 2 aliphatic rings. The molecule has 3 rings (SSSR count). The highest BCUT2D eigenvalue weighted by atomic mass is 127. The van der Waals surface area contributed by atoms with Crippen molar-refractivity contribution in [1.82, 2.24) is 20.4 Å². The lowest BCUT2D eigenvalue weighted by Gasteiger charge is -2.34. The van der Waals surface area contributed by atoms with E-state index < -0.39 is 0 Å². The fourth-order valence-corrected chi connectivity index (χ4v) is 4.08. The quantitative estimate of drug-likeness (QED) is 0.305. The van der Waals surface area contributed by atoms with Gasteiger partial charge in [-0.1, -0.05) is 30.7 Å². The molecule has 1 aliphatic heterocycles. The zero-order chi connectivity index (χ0) is 20.0. The van der Waals surface area contributed by atoms with E-state index in [1.807, 2.05) is 12.1 Å². The Hall–Kier alpha value is -0.570. The van der Waals surface area contributed by atoms with Crippen molar-refractivity contribution in [3.63, 3.8) is 0 Å². The summed E-state index contributed by atoms with van der Waals surface area (Å²) < 4.78 is 0. The van der Waals surface area contributed by atoms with E-state index in [0.29, 0.717) is 5.92 Å². The van der Waals surface area contributed by atoms with Crippen LogP contribution in [-0.4, -0.2) is 75.2 Å². The van der Waals surface area contributed by atoms with E-state index in [1.165, 1.54) is 44.6 Å². The molecule has 0 spiro atoms. The molecule has 1 aromatic carbocycles. The summed E-state index contributed by atoms with van der Waals surface area (Å²) >= 11 is 6.20. The van der Waals surface area contributed by atoms with E-state index in [2.05, 4.69) is 53.5 Å². The number of aliphatic imine (C=N–C) groups is 1. The third-order valence-electron chi connectivity index (χ3n) is 5.96. The largest absolute Gasteiger partial charge is 0.357 e. The maximum absolute atomic E-state index is 6.20. The molecule has 1 aliphatic carbocycles. The summed E-state index contributed by atoms with van der Waals surface area (Å²) in [5.41, 5.74) is 1.50. The molecule has 29 heavy (non-hydrogen) atoms. The van der Waals surface area contributed by atoms with Gasteiger partial charge in [0.05, 0.1) is 6.54 Å². The first kappa shape index (κ1) is 24.7. The highest BCUT2D eigenvalue weighted by molar-refractivity contribution is 14.0. The van der Waals surface area contributed by atoms with E-state index in [0.717, 1.165) is 37.2 Å². The lowest BCUT2D eigenvalue weighted by molar-refractivity contribution is 0.139. The summed E-state index contributed by atoms with van der Waals surface area (Å²) in [5, 5.41) is 7.78. The Kier molecular flexibility index (Phi) is 9.98. The maximum Gasteiger partial charge on any atom is 0.191 e. The Bertz CT molecular complexity index is 656. The van der Waals surface area contributed by atoms with Crippen molar-refractivity contribution in [3.05, 3.63) is 34.9 Å². The lowest BCUT2D eigenvalue weighted by atomic mass is 9.96. The molecule has 2 fully saturated rings. The minimum atomic E-state index is 0. The molecule has 1 saturated heterocycles. The second-order valence-corrected chi connectivity index (χ2v) is 9.01. The average molecular weight is 534 g/mol. The number of nitrogens with one attached hydrogen (secondary N) is 2. The molecule has 1 atom stereocenters. The lowest BCUT2D eigenvalue weighted by Crippen LogP contribution is -2.47. The molecule has 1 aromatic rings. The first-order chi connectivity index (χ1) is 13.5. The third-order valence-corrected chi connectivity index (χ3v) is 6.19. The maximum atomic E-state index is 6.20. The van der Waals surface area contributed by atoms with Gasteiger partial charge >= 0.3 is 0 Å². The molecular weight excluding hydrogens is 497 g/mol. The van der Waals surface area contributed by atoms with Gasteiger partial charge in [-0.2, -0.15) is 0 Å². The van der Waals surface area contributed by atoms with Crippen LogP contribution >= 0.6 is 35.6 Å². The highest BCUT2D eigenvalue weighted by Crippen LogP contribution is 2.48. The van der Waals surface area contributed by atoms with Crippen LogP contribution in [0.4, 0.5) is 0 Å². The second kappa shape index (κ2) is 11.7. The number of benzene rings is 1. The van der Waals surface area contributed by atoms with Crippen molar-refractivity contribution in [3.8, 4) is 0 Å². The SMILES string of the molecule is CCNC(=NCC1(c2cccc(Cl)c2)CC1)NCC(C)CN1CCN(C)CC1.I. The van der Waals surface area contributed by atoms with Gasteiger partial charge in [-0.25, -0.2) is 0 Å². The summed E-state index contributed by atoms with van der Waals surface area (Å²) in [7, 11) is 2.21. The van der Waals surface area contributed by atoms with Crippen LogP contribution in [-0.2, 0) is 5.41 Å². The summed E-state index contributed by atoms with van der Waals surface area (Å²) in [6, 6.07) is 8.28. The monoisotopic (exact) mass is 533 g/mol. The van der Waals surface area contributed by atoms with Gasteiger partial charge in [-0.3, -0.25) is 4.99 Å². The summed E-state index contributed by atoms with van der Waals surface area (Å²) in [4.78, 5) is 9.90. The molecule has 0 aromatic heterocycles. The smallest absolute Gasteiger partial charge is 0.191 e. The molecule has 1 saturated carbocycles. The molecule has 5 nitrogen and oxygen atoms in total. The molecule has 164 valence electrons. The number of rotatable bonds is 8. The van der Waals surface area contributed by atoms with Gasteiger partial charge in [0.15, 0.2) is 5.96 Å². The van der Waals surface area contributed by atoms with Crippen LogP contribution in [0.2, 0.25) is 5.02 Å². The number of nitrogens with zero attached hydrogens (tertiary/aromatic N) is 3. The molecule has 1 unspecified atom stereocenters. The summed E-state index contributed by atoms with van der Waals surface area (Å²) in [6.07, 6.45) is 2.38. The standard InChI is InChI=1S/C22H36ClN5.HI/c1-4-24-21(25-15-18(2)16-28-12-10-27(3)11-13-28)26-17-22(8-9-22)19-6-5-7-20(23)14-19;/h5-7,14,18H,4,8-13,15-17H2,1-3H3,(H2,24,25,26);1H. The Labute approximate surface area is 198 Å². The number of piperazine rings is 1. The van der Waals surface area contributed by atoms with Crippen LogP contribution in [0.5, 0.6) is 0 Å². The van der Waals surface area contributed by atoms with Crippen LogP contribution in [0.3, 0.4) is 0 Å². The minimum absolute atomic E-state index is 0. The van der Waals surface area contributed by atoms with Crippen LogP contribution in [0.1, 0.15) is 32.3 Å². The van der Waals surface area contributed by atoms with E-state index in [9.17, 15) is 0 Å². The number of hydrogen-bond donors (Lipinski definition) is 2. The molecule has 0 bridgehead atoms. The first-order valence-corrected chi connectivity index (χ1v) is 11.1. The number of halogens is 2. The van der Waals surface area contributed by atoms with Crippen molar-refractivity contribution in [2.45, 2.75) is 32.1 Å². The first-order valence-electron chi connectivity index (χ1n) is 10.7. The van der Waals surface area contributed by atoms with Gasteiger partial charge < -0.3 is 20.4 Å². The second-order valence-electron chi connectivity index (χ2n) is 8.58. The van der Waals surface area contributed by atoms with Crippen molar-refractivity contribution >= 4 is 41.5 Å². The van der Waals surface area contributed by atoms with Crippen LogP contribution in [0.25, 0.3) is 0 Å². The van der Waals surface area contributed by atoms with Gasteiger partial charge in [-0.15, -0.1) is 24.0 Å². The normalized spacial score (nSPS) is 20.6. The molecule has 1 heterocycles. The van der Waals surface area contributed by atoms with Gasteiger partial charge in [0.2, 0.25) is 0 Å². The van der Waals surface area contributed by atoms with Crippen molar-refractivity contribution in [2.24, 2.45) is 10.9 Å². The van der Waals surface area contributed by atoms with Gasteiger partial charge in [-0.05, 0) is 50.4 Å². The Balaban J connectivity index is 0.00000300. The molecule has 0 amide bonds. The molecular formula is C22H37ClIN5. The zero-order valence-electron chi connectivity index (χ0n) is 18.1. The summed E-state index contributed by atoms with van der Waals surface area (Å²) in [5.74, 6) is 1.52. The van der Waals surface area contributed by atoms with Gasteiger partial charge in [0.1, 0.15) is 0 Å².